The van der Waals surface area contributed by atoms with Crippen molar-refractivity contribution >= 4 is 11.5 Å². The number of carbonyl (C=O) groups is 1. The van der Waals surface area contributed by atoms with Gasteiger partial charge in [-0.05, 0) is 24.3 Å². The zero-order valence-corrected chi connectivity index (χ0v) is 15.1. The molecule has 1 aromatic rings. The Morgan fingerprint density at radius 1 is 1.00 bits per heavy atom. The van der Waals surface area contributed by atoms with Crippen molar-refractivity contribution in [2.24, 2.45) is 0 Å². The number of hydrogen-bond donors (Lipinski definition) is 1. The van der Waals surface area contributed by atoms with Crippen LogP contribution in [0.5, 0.6) is 5.75 Å². The second-order valence-corrected chi connectivity index (χ2v) is 6.34. The van der Waals surface area contributed by atoms with Gasteiger partial charge in [0.25, 0.3) is 5.91 Å². The van der Waals surface area contributed by atoms with Gasteiger partial charge in [0.1, 0.15) is 5.75 Å². The highest BCUT2D eigenvalue weighted by Gasteiger charge is 2.74. The fraction of sp³-hybridized carbons (Fsp3) is 0.412. The van der Waals surface area contributed by atoms with E-state index < -0.39 is 77.5 Å². The Morgan fingerprint density at radius 2 is 1.56 bits per heavy atom. The van der Waals surface area contributed by atoms with E-state index in [1.54, 1.807) is 5.32 Å². The van der Waals surface area contributed by atoms with Gasteiger partial charge in [-0.1, -0.05) is 0 Å². The zero-order valence-electron chi connectivity index (χ0n) is 15.1. The topological polar surface area (TPSA) is 62.1 Å². The summed E-state index contributed by atoms with van der Waals surface area (Å²) in [6.45, 7) is -0.563. The highest BCUT2D eigenvalue weighted by molar-refractivity contribution is 6.21. The summed E-state index contributed by atoms with van der Waals surface area (Å²) >= 11 is 0. The number of nitrogens with one attached hydrogen (secondary N) is 1. The summed E-state index contributed by atoms with van der Waals surface area (Å²) in [5.41, 5.74) is -9.62. The van der Waals surface area contributed by atoms with Crippen molar-refractivity contribution in [1.82, 2.24) is 5.32 Å². The molecule has 1 N–H and O–H groups in total. The summed E-state index contributed by atoms with van der Waals surface area (Å²) in [5.74, 6) is -8.64. The lowest BCUT2D eigenvalue weighted by atomic mass is 9.89. The third-order valence-corrected chi connectivity index (χ3v) is 4.22. The van der Waals surface area contributed by atoms with E-state index in [1.807, 2.05) is 0 Å². The average molecular weight is 482 g/mol. The third kappa shape index (κ3) is 4.17. The fourth-order valence-electron chi connectivity index (χ4n) is 2.63. The van der Waals surface area contributed by atoms with Gasteiger partial charge in [0.05, 0.1) is 18.1 Å². The van der Waals surface area contributed by atoms with Crippen molar-refractivity contribution in [3.05, 3.63) is 35.4 Å². The first-order chi connectivity index (χ1) is 14.4. The van der Waals surface area contributed by atoms with Gasteiger partial charge < -0.3 is 10.1 Å². The smallest absolute Gasteiger partial charge is 0.458 e. The van der Waals surface area contributed by atoms with Crippen LogP contribution in [0, 0.1) is 11.3 Å². The Kier molecular flexibility index (Phi) is 6.16. The second-order valence-electron chi connectivity index (χ2n) is 6.34. The monoisotopic (exact) mass is 482 g/mol. The summed E-state index contributed by atoms with van der Waals surface area (Å²) in [4.78, 5) is 12.2. The van der Waals surface area contributed by atoms with E-state index in [9.17, 15) is 53.1 Å². The van der Waals surface area contributed by atoms with Gasteiger partial charge in [-0.15, -0.1) is 0 Å². The van der Waals surface area contributed by atoms with Crippen LogP contribution in [-0.4, -0.2) is 36.6 Å². The summed E-state index contributed by atoms with van der Waals surface area (Å²) in [6.07, 6.45) is -19.8. The Hall–Kier alpha value is -3.05. The number of ether oxygens (including phenoxy) is 1. The lowest BCUT2D eigenvalue weighted by Gasteiger charge is -2.39. The van der Waals surface area contributed by atoms with Crippen molar-refractivity contribution in [3.8, 4) is 11.8 Å². The molecule has 0 bridgehead atoms. The molecule has 2 rings (SSSR count). The molecule has 0 aromatic heterocycles. The molecule has 1 heterocycles. The molecule has 1 aromatic carbocycles. The predicted molar refractivity (Wildman–Crippen MR) is 83.1 cm³/mol. The Balaban J connectivity index is 2.77. The van der Waals surface area contributed by atoms with Crippen LogP contribution in [0.4, 0.5) is 48.3 Å². The van der Waals surface area contributed by atoms with Gasteiger partial charge in [0.2, 0.25) is 0 Å². The zero-order chi connectivity index (χ0) is 24.8. The number of halogens is 11. The molecule has 4 nitrogen and oxygen atoms in total. The van der Waals surface area contributed by atoms with Crippen LogP contribution in [0.1, 0.15) is 17.5 Å². The van der Waals surface area contributed by atoms with Gasteiger partial charge in [-0.25, -0.2) is 0 Å². The van der Waals surface area contributed by atoms with Crippen LogP contribution in [0.3, 0.4) is 0 Å². The fourth-order valence-corrected chi connectivity index (χ4v) is 2.63. The van der Waals surface area contributed by atoms with Gasteiger partial charge in [-0.3, -0.25) is 4.79 Å². The van der Waals surface area contributed by atoms with Crippen molar-refractivity contribution in [2.75, 3.05) is 6.54 Å². The van der Waals surface area contributed by atoms with E-state index in [0.29, 0.717) is 0 Å². The lowest BCUT2D eigenvalue weighted by molar-refractivity contribution is -0.338. The standard InChI is InChI=1S/C17H9F11N2O2/c18-14(19,17(26,27)28)8-2-3-11-9(6-8)10(12(31)30-5-1-4-29)7-13(32-11,15(20,21)22)16(23,24)25/h2-3,6-7H,1,5H2,(H,30,31). The Bertz CT molecular complexity index is 955. The number of fused-ring (bicyclic) bond motifs is 1. The normalized spacial score (nSPS) is 16.4. The quantitative estimate of drug-likeness (QED) is 0.485. The Morgan fingerprint density at radius 3 is 2.03 bits per heavy atom. The lowest BCUT2D eigenvalue weighted by Crippen LogP contribution is -2.61. The molecule has 0 aliphatic carbocycles. The number of carbonyl (C=O) groups excluding carboxylic acids is 1. The van der Waals surface area contributed by atoms with Crippen molar-refractivity contribution < 1.29 is 57.8 Å². The number of alkyl halides is 11. The number of nitriles is 1. The first kappa shape index (κ1) is 25.2. The average Bonchev–Trinajstić information content (AvgIpc) is 2.64. The number of rotatable bonds is 4. The Labute approximate surface area is 171 Å². The molecule has 0 saturated carbocycles. The number of nitrogens with zero attached hydrogens (tertiary/aromatic N) is 1. The van der Waals surface area contributed by atoms with E-state index in [1.165, 1.54) is 6.07 Å². The molecule has 1 aliphatic heterocycles. The molecule has 32 heavy (non-hydrogen) atoms. The summed E-state index contributed by atoms with van der Waals surface area (Å²) < 4.78 is 150. The maximum absolute atomic E-state index is 13.7. The largest absolute Gasteiger partial charge is 0.464 e. The van der Waals surface area contributed by atoms with Crippen molar-refractivity contribution in [1.29, 1.82) is 5.26 Å². The van der Waals surface area contributed by atoms with Gasteiger partial charge in [0, 0.05) is 17.7 Å². The van der Waals surface area contributed by atoms with E-state index in [-0.39, 0.29) is 18.2 Å². The minimum absolute atomic E-state index is 0.0477. The van der Waals surface area contributed by atoms with Crippen molar-refractivity contribution in [2.45, 2.75) is 36.5 Å². The molecule has 1 aliphatic rings. The van der Waals surface area contributed by atoms with Crippen LogP contribution in [0.25, 0.3) is 5.57 Å². The molecule has 0 radical (unpaired) electrons. The number of hydrogen-bond acceptors (Lipinski definition) is 3. The molecule has 176 valence electrons. The molecule has 0 spiro atoms. The van der Waals surface area contributed by atoms with E-state index >= 15 is 0 Å². The first-order valence-electron chi connectivity index (χ1n) is 8.19. The summed E-state index contributed by atoms with van der Waals surface area (Å²) in [5, 5.41) is 10.2. The first-order valence-corrected chi connectivity index (χ1v) is 8.19. The van der Waals surface area contributed by atoms with E-state index in [0.717, 1.165) is 0 Å². The number of benzene rings is 1. The van der Waals surface area contributed by atoms with Crippen LogP contribution >= 0.6 is 0 Å². The minimum atomic E-state index is -6.21. The maximum Gasteiger partial charge on any atom is 0.458 e. The van der Waals surface area contributed by atoms with Crippen LogP contribution in [0.2, 0.25) is 0 Å². The predicted octanol–water partition coefficient (Wildman–Crippen LogP) is 5.01. The van der Waals surface area contributed by atoms with Crippen molar-refractivity contribution in [3.63, 3.8) is 0 Å². The van der Waals surface area contributed by atoms with Gasteiger partial charge in [0.15, 0.2) is 0 Å². The molecule has 0 fully saturated rings. The number of amides is 1. The highest BCUT2D eigenvalue weighted by atomic mass is 19.4. The molecular weight excluding hydrogens is 473 g/mol. The molecule has 0 atom stereocenters. The van der Waals surface area contributed by atoms with Crippen LogP contribution in [-0.2, 0) is 10.7 Å². The minimum Gasteiger partial charge on any atom is -0.464 e. The maximum atomic E-state index is 13.7. The highest BCUT2D eigenvalue weighted by Crippen LogP contribution is 2.53. The molecule has 1 amide bonds. The van der Waals surface area contributed by atoms with E-state index in [4.69, 9.17) is 5.26 Å². The van der Waals surface area contributed by atoms with Crippen LogP contribution < -0.4 is 10.1 Å². The molecule has 15 heteroatoms. The van der Waals surface area contributed by atoms with Crippen LogP contribution in [0.15, 0.2) is 24.3 Å². The SMILES string of the molecule is N#CCCNC(=O)C1=CC(C(F)(F)F)(C(F)(F)F)Oc2ccc(C(F)(F)C(F)(F)F)cc21. The van der Waals surface area contributed by atoms with Gasteiger partial charge >= 0.3 is 30.1 Å². The second kappa shape index (κ2) is 7.82. The van der Waals surface area contributed by atoms with Gasteiger partial charge in [-0.2, -0.15) is 53.6 Å². The molecule has 0 unspecified atom stereocenters. The summed E-state index contributed by atoms with van der Waals surface area (Å²) in [6, 6.07) is 1.40. The molecule has 0 saturated heterocycles. The molecular formula is C17H9F11N2O2. The third-order valence-electron chi connectivity index (χ3n) is 4.22. The summed E-state index contributed by atoms with van der Waals surface area (Å²) in [7, 11) is 0. The van der Waals surface area contributed by atoms with E-state index in [2.05, 4.69) is 4.74 Å².